The van der Waals surface area contributed by atoms with E-state index in [0.29, 0.717) is 5.69 Å². The molecule has 0 spiro atoms. The summed E-state index contributed by atoms with van der Waals surface area (Å²) in [5, 5.41) is 0. The second-order valence-electron chi connectivity index (χ2n) is 4.55. The molecule has 0 aromatic heterocycles. The van der Waals surface area contributed by atoms with Crippen LogP contribution in [0.25, 0.3) is 0 Å². The molecule has 0 saturated carbocycles. The predicted molar refractivity (Wildman–Crippen MR) is 72.0 cm³/mol. The van der Waals surface area contributed by atoms with Crippen LogP contribution in [0.5, 0.6) is 0 Å². The van der Waals surface area contributed by atoms with Crippen LogP contribution in [0, 0.1) is 5.82 Å². The molecule has 0 unspecified atom stereocenters. The van der Waals surface area contributed by atoms with Crippen molar-refractivity contribution in [1.29, 1.82) is 0 Å². The quantitative estimate of drug-likeness (QED) is 0.704. The highest BCUT2D eigenvalue weighted by molar-refractivity contribution is 6.04. The number of hydrogen-bond donors (Lipinski definition) is 0. The van der Waals surface area contributed by atoms with Gasteiger partial charge in [0.2, 0.25) is 0 Å². The highest BCUT2D eigenvalue weighted by Crippen LogP contribution is 2.24. The molecule has 0 atom stereocenters. The Bertz CT molecular complexity index is 602. The Hall–Kier alpha value is -1.96. The standard InChI is InChI=1S/C16H14FN/c17-13-7-4-8-14(11-13)18-16-10-3-6-12-5-1-2-9-15(12)16/h1-2,4-5,7-9,11H,3,6,10H2. The molecule has 18 heavy (non-hydrogen) atoms. The molecule has 2 aromatic carbocycles. The van der Waals surface area contributed by atoms with E-state index in [2.05, 4.69) is 23.2 Å². The van der Waals surface area contributed by atoms with E-state index in [4.69, 9.17) is 0 Å². The van der Waals surface area contributed by atoms with Gasteiger partial charge in [-0.15, -0.1) is 0 Å². The third-order valence-electron chi connectivity index (χ3n) is 3.26. The molecule has 3 rings (SSSR count). The minimum absolute atomic E-state index is 0.235. The van der Waals surface area contributed by atoms with E-state index in [-0.39, 0.29) is 5.82 Å². The molecule has 0 bridgehead atoms. The summed E-state index contributed by atoms with van der Waals surface area (Å²) in [6, 6.07) is 14.8. The molecule has 0 aliphatic heterocycles. The largest absolute Gasteiger partial charge is 0.253 e. The fourth-order valence-corrected chi connectivity index (χ4v) is 2.42. The van der Waals surface area contributed by atoms with Gasteiger partial charge in [-0.05, 0) is 48.6 Å². The number of nitrogens with zero attached hydrogens (tertiary/aromatic N) is 1. The average molecular weight is 239 g/mol. The monoisotopic (exact) mass is 239 g/mol. The van der Waals surface area contributed by atoms with Crippen molar-refractivity contribution in [3.63, 3.8) is 0 Å². The first-order valence-corrected chi connectivity index (χ1v) is 6.24. The molecule has 2 heteroatoms. The highest BCUT2D eigenvalue weighted by atomic mass is 19.1. The fourth-order valence-electron chi connectivity index (χ4n) is 2.42. The molecule has 1 aliphatic rings. The van der Waals surface area contributed by atoms with Gasteiger partial charge >= 0.3 is 0 Å². The molecule has 0 heterocycles. The summed E-state index contributed by atoms with van der Waals surface area (Å²) in [4.78, 5) is 4.60. The first-order valence-electron chi connectivity index (χ1n) is 6.24. The summed E-state index contributed by atoms with van der Waals surface area (Å²) in [6.07, 6.45) is 3.19. The van der Waals surface area contributed by atoms with Crippen LogP contribution in [-0.4, -0.2) is 5.71 Å². The third kappa shape index (κ3) is 2.19. The number of fused-ring (bicyclic) bond motifs is 1. The Labute approximate surface area is 106 Å². The lowest BCUT2D eigenvalue weighted by atomic mass is 9.90. The Morgan fingerprint density at radius 2 is 1.83 bits per heavy atom. The van der Waals surface area contributed by atoms with Gasteiger partial charge in [0.15, 0.2) is 0 Å². The van der Waals surface area contributed by atoms with Crippen molar-refractivity contribution in [2.75, 3.05) is 0 Å². The van der Waals surface area contributed by atoms with Gasteiger partial charge < -0.3 is 0 Å². The Kier molecular flexibility index (Phi) is 2.93. The lowest BCUT2D eigenvalue weighted by Crippen LogP contribution is -2.11. The molecule has 0 saturated heterocycles. The summed E-state index contributed by atoms with van der Waals surface area (Å²) in [6.45, 7) is 0. The average Bonchev–Trinajstić information content (AvgIpc) is 2.39. The lowest BCUT2D eigenvalue weighted by molar-refractivity contribution is 0.628. The molecule has 0 amide bonds. The Morgan fingerprint density at radius 1 is 0.944 bits per heavy atom. The number of halogens is 1. The first-order chi connectivity index (χ1) is 8.83. The van der Waals surface area contributed by atoms with Gasteiger partial charge in [-0.2, -0.15) is 0 Å². The molecular weight excluding hydrogens is 225 g/mol. The molecule has 1 nitrogen and oxygen atoms in total. The highest BCUT2D eigenvalue weighted by Gasteiger charge is 2.14. The van der Waals surface area contributed by atoms with Crippen LogP contribution >= 0.6 is 0 Å². The van der Waals surface area contributed by atoms with Crippen molar-refractivity contribution in [1.82, 2.24) is 0 Å². The van der Waals surface area contributed by atoms with Crippen LogP contribution in [-0.2, 0) is 6.42 Å². The van der Waals surface area contributed by atoms with E-state index < -0.39 is 0 Å². The van der Waals surface area contributed by atoms with E-state index in [0.717, 1.165) is 25.0 Å². The van der Waals surface area contributed by atoms with Crippen LogP contribution in [0.4, 0.5) is 10.1 Å². The maximum atomic E-state index is 13.1. The van der Waals surface area contributed by atoms with Gasteiger partial charge in [-0.1, -0.05) is 30.3 Å². The van der Waals surface area contributed by atoms with Gasteiger partial charge in [0.25, 0.3) is 0 Å². The maximum absolute atomic E-state index is 13.1. The van der Waals surface area contributed by atoms with Gasteiger partial charge in [-0.25, -0.2) is 4.39 Å². The second-order valence-corrected chi connectivity index (χ2v) is 4.55. The van der Waals surface area contributed by atoms with E-state index in [1.54, 1.807) is 6.07 Å². The molecular formula is C16H14FN. The summed E-state index contributed by atoms with van der Waals surface area (Å²) in [5.74, 6) is -0.235. The topological polar surface area (TPSA) is 12.4 Å². The number of hydrogen-bond acceptors (Lipinski definition) is 1. The van der Waals surface area contributed by atoms with Gasteiger partial charge in [-0.3, -0.25) is 4.99 Å². The Morgan fingerprint density at radius 3 is 2.72 bits per heavy atom. The van der Waals surface area contributed by atoms with Gasteiger partial charge in [0, 0.05) is 5.71 Å². The summed E-state index contributed by atoms with van der Waals surface area (Å²) >= 11 is 0. The maximum Gasteiger partial charge on any atom is 0.125 e. The lowest BCUT2D eigenvalue weighted by Gasteiger charge is -2.17. The number of benzene rings is 2. The number of rotatable bonds is 1. The summed E-state index contributed by atoms with van der Waals surface area (Å²) in [7, 11) is 0. The zero-order valence-corrected chi connectivity index (χ0v) is 10.1. The number of aryl methyl sites for hydroxylation is 1. The molecule has 0 N–H and O–H groups in total. The molecule has 1 aliphatic carbocycles. The Balaban J connectivity index is 2.03. The number of aliphatic imine (C=N–C) groups is 1. The van der Waals surface area contributed by atoms with E-state index in [1.807, 2.05) is 12.1 Å². The van der Waals surface area contributed by atoms with E-state index >= 15 is 0 Å². The van der Waals surface area contributed by atoms with Crippen LogP contribution in [0.1, 0.15) is 24.0 Å². The second kappa shape index (κ2) is 4.73. The normalized spacial score (nSPS) is 16.6. The summed E-state index contributed by atoms with van der Waals surface area (Å²) in [5.41, 5.74) is 4.33. The van der Waals surface area contributed by atoms with Crippen molar-refractivity contribution in [3.05, 3.63) is 65.5 Å². The summed E-state index contributed by atoms with van der Waals surface area (Å²) < 4.78 is 13.1. The van der Waals surface area contributed by atoms with Crippen LogP contribution in [0.3, 0.4) is 0 Å². The smallest absolute Gasteiger partial charge is 0.125 e. The molecule has 0 radical (unpaired) electrons. The predicted octanol–water partition coefficient (Wildman–Crippen LogP) is 4.28. The van der Waals surface area contributed by atoms with Gasteiger partial charge in [0.05, 0.1) is 5.69 Å². The van der Waals surface area contributed by atoms with Crippen molar-refractivity contribution in [2.24, 2.45) is 4.99 Å². The third-order valence-corrected chi connectivity index (χ3v) is 3.26. The van der Waals surface area contributed by atoms with Gasteiger partial charge in [0.1, 0.15) is 5.82 Å². The molecule has 90 valence electrons. The minimum Gasteiger partial charge on any atom is -0.253 e. The first kappa shape index (κ1) is 11.1. The van der Waals surface area contributed by atoms with Crippen LogP contribution < -0.4 is 0 Å². The van der Waals surface area contributed by atoms with E-state index in [1.165, 1.54) is 23.3 Å². The van der Waals surface area contributed by atoms with Crippen molar-refractivity contribution < 1.29 is 4.39 Å². The zero-order chi connectivity index (χ0) is 12.4. The molecule has 2 aromatic rings. The molecule has 0 fully saturated rings. The van der Waals surface area contributed by atoms with Crippen molar-refractivity contribution in [2.45, 2.75) is 19.3 Å². The zero-order valence-electron chi connectivity index (χ0n) is 10.1. The van der Waals surface area contributed by atoms with Crippen LogP contribution in [0.2, 0.25) is 0 Å². The minimum atomic E-state index is -0.235. The van der Waals surface area contributed by atoms with E-state index in [9.17, 15) is 4.39 Å². The van der Waals surface area contributed by atoms with Crippen molar-refractivity contribution >= 4 is 11.4 Å². The van der Waals surface area contributed by atoms with Crippen molar-refractivity contribution in [3.8, 4) is 0 Å². The van der Waals surface area contributed by atoms with Crippen LogP contribution in [0.15, 0.2) is 53.5 Å². The fraction of sp³-hybridized carbons (Fsp3) is 0.188. The SMILES string of the molecule is Fc1cccc(N=C2CCCc3ccccc32)c1.